The molecule has 128 valence electrons. The number of likely N-dealkylation sites (tertiary alicyclic amines) is 1. The predicted octanol–water partition coefficient (Wildman–Crippen LogP) is 1.86. The van der Waals surface area contributed by atoms with Crippen LogP contribution in [0, 0.1) is 11.8 Å². The molecule has 1 heterocycles. The minimum absolute atomic E-state index is 0.0465. The van der Waals surface area contributed by atoms with Crippen molar-refractivity contribution in [1.82, 2.24) is 9.80 Å². The first-order valence-corrected chi connectivity index (χ1v) is 8.65. The molecule has 0 aromatic rings. The monoisotopic (exact) mass is 311 g/mol. The van der Waals surface area contributed by atoms with Gasteiger partial charge in [0, 0.05) is 39.1 Å². The van der Waals surface area contributed by atoms with Crippen LogP contribution < -0.4 is 5.73 Å². The molecule has 0 spiro atoms. The Morgan fingerprint density at radius 2 is 2.05 bits per heavy atom. The van der Waals surface area contributed by atoms with Crippen LogP contribution in [0.5, 0.6) is 0 Å². The van der Waals surface area contributed by atoms with Crippen LogP contribution >= 0.6 is 0 Å². The molecule has 1 saturated heterocycles. The van der Waals surface area contributed by atoms with E-state index in [1.54, 1.807) is 4.90 Å². The maximum Gasteiger partial charge on any atom is 0.227 e. The molecular formula is C17H33N3O2. The molecule has 2 atom stereocenters. The van der Waals surface area contributed by atoms with Crippen LogP contribution in [-0.4, -0.2) is 54.3 Å². The number of nitrogens with zero attached hydrogens (tertiary/aromatic N) is 2. The van der Waals surface area contributed by atoms with Gasteiger partial charge in [-0.25, -0.2) is 0 Å². The second kappa shape index (κ2) is 9.13. The van der Waals surface area contributed by atoms with Crippen LogP contribution in [-0.2, 0) is 9.59 Å². The zero-order valence-electron chi connectivity index (χ0n) is 14.7. The van der Waals surface area contributed by atoms with Gasteiger partial charge < -0.3 is 15.5 Å². The molecule has 2 amide bonds. The van der Waals surface area contributed by atoms with Crippen LogP contribution in [0.2, 0.25) is 0 Å². The molecule has 1 aliphatic rings. The van der Waals surface area contributed by atoms with E-state index in [-0.39, 0.29) is 23.8 Å². The van der Waals surface area contributed by atoms with Gasteiger partial charge in [0.1, 0.15) is 0 Å². The van der Waals surface area contributed by atoms with E-state index < -0.39 is 0 Å². The van der Waals surface area contributed by atoms with Gasteiger partial charge in [-0.2, -0.15) is 0 Å². The lowest BCUT2D eigenvalue weighted by atomic mass is 9.95. The molecule has 2 unspecified atom stereocenters. The van der Waals surface area contributed by atoms with Gasteiger partial charge in [0.15, 0.2) is 0 Å². The predicted molar refractivity (Wildman–Crippen MR) is 89.3 cm³/mol. The highest BCUT2D eigenvalue weighted by Crippen LogP contribution is 2.20. The second-order valence-electron chi connectivity index (χ2n) is 6.89. The fourth-order valence-electron chi connectivity index (χ4n) is 2.88. The van der Waals surface area contributed by atoms with Gasteiger partial charge in [0.2, 0.25) is 11.8 Å². The molecule has 5 heteroatoms. The molecule has 0 bridgehead atoms. The molecule has 0 saturated carbocycles. The van der Waals surface area contributed by atoms with E-state index in [1.807, 2.05) is 18.9 Å². The summed E-state index contributed by atoms with van der Waals surface area (Å²) in [5.41, 5.74) is 6.05. The highest BCUT2D eigenvalue weighted by molar-refractivity contribution is 5.81. The lowest BCUT2D eigenvalue weighted by Gasteiger charge is -2.34. The SMILES string of the molecule is CCCC(=O)N1CCCC(C(=O)N(C)CCC(N)C(C)C)C1. The molecule has 2 N–H and O–H groups in total. The van der Waals surface area contributed by atoms with Crippen molar-refractivity contribution in [3.8, 4) is 0 Å². The number of hydrogen-bond acceptors (Lipinski definition) is 3. The molecule has 22 heavy (non-hydrogen) atoms. The van der Waals surface area contributed by atoms with Gasteiger partial charge in [0.05, 0.1) is 5.92 Å². The Labute approximate surface area is 135 Å². The van der Waals surface area contributed by atoms with Gasteiger partial charge in [-0.3, -0.25) is 9.59 Å². The molecule has 5 nitrogen and oxygen atoms in total. The summed E-state index contributed by atoms with van der Waals surface area (Å²) in [6, 6.07) is 0.129. The fourth-order valence-corrected chi connectivity index (χ4v) is 2.88. The largest absolute Gasteiger partial charge is 0.345 e. The van der Waals surface area contributed by atoms with Crippen LogP contribution in [0.4, 0.5) is 0 Å². The number of hydrogen-bond donors (Lipinski definition) is 1. The summed E-state index contributed by atoms with van der Waals surface area (Å²) in [4.78, 5) is 28.2. The van der Waals surface area contributed by atoms with Crippen molar-refractivity contribution >= 4 is 11.8 Å². The minimum Gasteiger partial charge on any atom is -0.345 e. The van der Waals surface area contributed by atoms with Gasteiger partial charge in [0.25, 0.3) is 0 Å². The summed E-state index contributed by atoms with van der Waals surface area (Å²) in [5.74, 6) is 0.726. The van der Waals surface area contributed by atoms with Crippen molar-refractivity contribution in [3.63, 3.8) is 0 Å². The van der Waals surface area contributed by atoms with Crippen LogP contribution in [0.15, 0.2) is 0 Å². The minimum atomic E-state index is -0.0465. The van der Waals surface area contributed by atoms with Crippen molar-refractivity contribution in [2.24, 2.45) is 17.6 Å². The number of nitrogens with two attached hydrogens (primary N) is 1. The molecule has 0 aromatic carbocycles. The average Bonchev–Trinajstić information content (AvgIpc) is 2.51. The summed E-state index contributed by atoms with van der Waals surface area (Å²) in [5, 5.41) is 0. The van der Waals surface area contributed by atoms with Gasteiger partial charge in [-0.15, -0.1) is 0 Å². The topological polar surface area (TPSA) is 66.6 Å². The zero-order chi connectivity index (χ0) is 16.7. The van der Waals surface area contributed by atoms with E-state index in [2.05, 4.69) is 13.8 Å². The van der Waals surface area contributed by atoms with E-state index in [4.69, 9.17) is 5.73 Å². The lowest BCUT2D eigenvalue weighted by Crippen LogP contribution is -2.46. The van der Waals surface area contributed by atoms with Crippen LogP contribution in [0.1, 0.15) is 52.9 Å². The number of amides is 2. The van der Waals surface area contributed by atoms with E-state index in [0.717, 1.165) is 32.2 Å². The first kappa shape index (κ1) is 18.9. The molecule has 1 aliphatic heterocycles. The summed E-state index contributed by atoms with van der Waals surface area (Å²) in [6.07, 6.45) is 4.08. The maximum atomic E-state index is 12.6. The smallest absolute Gasteiger partial charge is 0.227 e. The summed E-state index contributed by atoms with van der Waals surface area (Å²) in [6.45, 7) is 8.28. The highest BCUT2D eigenvalue weighted by atomic mass is 16.2. The normalized spacial score (nSPS) is 20.1. The van der Waals surface area contributed by atoms with Gasteiger partial charge in [-0.1, -0.05) is 20.8 Å². The lowest BCUT2D eigenvalue weighted by molar-refractivity contribution is -0.140. The molecule has 0 aliphatic carbocycles. The molecular weight excluding hydrogens is 278 g/mol. The van der Waals surface area contributed by atoms with Gasteiger partial charge >= 0.3 is 0 Å². The zero-order valence-corrected chi connectivity index (χ0v) is 14.7. The number of rotatable bonds is 7. The summed E-state index contributed by atoms with van der Waals surface area (Å²) < 4.78 is 0. The number of piperidine rings is 1. The van der Waals surface area contributed by atoms with Crippen molar-refractivity contribution in [1.29, 1.82) is 0 Å². The Bertz CT molecular complexity index is 371. The second-order valence-corrected chi connectivity index (χ2v) is 6.89. The van der Waals surface area contributed by atoms with Crippen LogP contribution in [0.25, 0.3) is 0 Å². The van der Waals surface area contributed by atoms with Crippen molar-refractivity contribution < 1.29 is 9.59 Å². The van der Waals surface area contributed by atoms with E-state index in [1.165, 1.54) is 0 Å². The van der Waals surface area contributed by atoms with Crippen LogP contribution in [0.3, 0.4) is 0 Å². The fraction of sp³-hybridized carbons (Fsp3) is 0.882. The quantitative estimate of drug-likeness (QED) is 0.780. The third-order valence-corrected chi connectivity index (χ3v) is 4.62. The van der Waals surface area contributed by atoms with E-state index >= 15 is 0 Å². The summed E-state index contributed by atoms with van der Waals surface area (Å²) in [7, 11) is 1.85. The number of carbonyl (C=O) groups excluding carboxylic acids is 2. The average molecular weight is 311 g/mol. The molecule has 0 radical (unpaired) electrons. The standard InChI is InChI=1S/C17H33N3O2/c1-5-7-16(21)20-10-6-8-14(12-20)17(22)19(4)11-9-15(18)13(2)3/h13-15H,5-12,18H2,1-4H3. The Hall–Kier alpha value is -1.10. The number of carbonyl (C=O) groups is 2. The first-order valence-electron chi connectivity index (χ1n) is 8.65. The Morgan fingerprint density at radius 1 is 1.36 bits per heavy atom. The van der Waals surface area contributed by atoms with Gasteiger partial charge in [-0.05, 0) is 31.6 Å². The van der Waals surface area contributed by atoms with Crippen molar-refractivity contribution in [2.75, 3.05) is 26.7 Å². The van der Waals surface area contributed by atoms with Crippen molar-refractivity contribution in [3.05, 3.63) is 0 Å². The third kappa shape index (κ3) is 5.59. The van der Waals surface area contributed by atoms with E-state index in [9.17, 15) is 9.59 Å². The van der Waals surface area contributed by atoms with Crippen molar-refractivity contribution in [2.45, 2.75) is 58.9 Å². The Kier molecular flexibility index (Phi) is 7.87. The summed E-state index contributed by atoms with van der Waals surface area (Å²) >= 11 is 0. The third-order valence-electron chi connectivity index (χ3n) is 4.62. The Balaban J connectivity index is 2.48. The molecule has 0 aromatic heterocycles. The maximum absolute atomic E-state index is 12.6. The first-order chi connectivity index (χ1) is 10.4. The van der Waals surface area contributed by atoms with E-state index in [0.29, 0.717) is 25.4 Å². The molecule has 1 rings (SSSR count). The molecule has 1 fully saturated rings. The highest BCUT2D eigenvalue weighted by Gasteiger charge is 2.29. The Morgan fingerprint density at radius 3 is 2.64 bits per heavy atom.